The van der Waals surface area contributed by atoms with Crippen LogP contribution in [0.15, 0.2) is 18.2 Å². The average Bonchev–Trinajstić information content (AvgIpc) is 2.28. The number of hydrogen-bond donors (Lipinski definition) is 1. The van der Waals surface area contributed by atoms with Crippen LogP contribution in [-0.4, -0.2) is 17.0 Å². The zero-order valence-electron chi connectivity index (χ0n) is 6.25. The molecule has 62 valence electrons. The van der Waals surface area contributed by atoms with Crippen LogP contribution >= 0.6 is 11.6 Å². The van der Waals surface area contributed by atoms with Gasteiger partial charge in [0.05, 0.1) is 0 Å². The zero-order chi connectivity index (χ0) is 8.72. The van der Waals surface area contributed by atoms with E-state index in [-0.39, 0.29) is 5.78 Å². The van der Waals surface area contributed by atoms with Crippen molar-refractivity contribution in [2.75, 3.05) is 0 Å². The third-order valence-corrected chi connectivity index (χ3v) is 2.28. The van der Waals surface area contributed by atoms with Crippen LogP contribution in [0.1, 0.15) is 15.9 Å². The van der Waals surface area contributed by atoms with Crippen LogP contribution in [0, 0.1) is 0 Å². The number of aliphatic hydroxyl groups excluding tert-OH is 1. The second-order valence-electron chi connectivity index (χ2n) is 2.89. The Morgan fingerprint density at radius 2 is 2.25 bits per heavy atom. The minimum Gasteiger partial charge on any atom is -0.385 e. The SMILES string of the molecule is O=C1c2ccc(Cl)cc2CC1O. The van der Waals surface area contributed by atoms with Gasteiger partial charge in [0.15, 0.2) is 5.78 Å². The Balaban J connectivity index is 2.54. The quantitative estimate of drug-likeness (QED) is 0.659. The number of Topliss-reactive ketones (excluding diaryl/α,β-unsaturated/α-hetero) is 1. The number of rotatable bonds is 0. The van der Waals surface area contributed by atoms with E-state index in [0.29, 0.717) is 17.0 Å². The fraction of sp³-hybridized carbons (Fsp3) is 0.222. The first kappa shape index (κ1) is 7.77. The van der Waals surface area contributed by atoms with Crippen LogP contribution in [-0.2, 0) is 6.42 Å². The van der Waals surface area contributed by atoms with E-state index in [4.69, 9.17) is 11.6 Å². The highest BCUT2D eigenvalue weighted by Gasteiger charge is 2.28. The van der Waals surface area contributed by atoms with Crippen molar-refractivity contribution in [2.24, 2.45) is 0 Å². The van der Waals surface area contributed by atoms with Gasteiger partial charge in [0.2, 0.25) is 0 Å². The largest absolute Gasteiger partial charge is 0.385 e. The molecule has 1 aliphatic carbocycles. The van der Waals surface area contributed by atoms with E-state index in [2.05, 4.69) is 0 Å². The maximum atomic E-state index is 11.2. The van der Waals surface area contributed by atoms with Crippen LogP contribution < -0.4 is 0 Å². The molecule has 1 atom stereocenters. The highest BCUT2D eigenvalue weighted by Crippen LogP contribution is 2.24. The lowest BCUT2D eigenvalue weighted by molar-refractivity contribution is 0.0780. The van der Waals surface area contributed by atoms with E-state index in [1.54, 1.807) is 18.2 Å². The second-order valence-corrected chi connectivity index (χ2v) is 3.32. The number of carbonyl (C=O) groups is 1. The van der Waals surface area contributed by atoms with Gasteiger partial charge < -0.3 is 5.11 Å². The number of aliphatic hydroxyl groups is 1. The van der Waals surface area contributed by atoms with E-state index < -0.39 is 6.10 Å². The fourth-order valence-corrected chi connectivity index (χ4v) is 1.65. The molecule has 1 unspecified atom stereocenters. The molecule has 2 rings (SSSR count). The molecule has 2 nitrogen and oxygen atoms in total. The van der Waals surface area contributed by atoms with E-state index in [1.165, 1.54) is 0 Å². The first-order valence-electron chi connectivity index (χ1n) is 3.69. The molecule has 0 radical (unpaired) electrons. The lowest BCUT2D eigenvalue weighted by Crippen LogP contribution is -2.13. The summed E-state index contributed by atoms with van der Waals surface area (Å²) in [6.07, 6.45) is -0.465. The van der Waals surface area contributed by atoms with Crippen molar-refractivity contribution in [3.8, 4) is 0 Å². The van der Waals surface area contributed by atoms with Crippen molar-refractivity contribution in [3.63, 3.8) is 0 Å². The topological polar surface area (TPSA) is 37.3 Å². The molecule has 0 heterocycles. The maximum Gasteiger partial charge on any atom is 0.191 e. The van der Waals surface area contributed by atoms with Gasteiger partial charge in [-0.05, 0) is 23.8 Å². The van der Waals surface area contributed by atoms with E-state index in [0.717, 1.165) is 5.56 Å². The number of halogens is 1. The van der Waals surface area contributed by atoms with Gasteiger partial charge in [-0.1, -0.05) is 11.6 Å². The molecule has 1 aromatic rings. The molecule has 0 saturated carbocycles. The number of fused-ring (bicyclic) bond motifs is 1. The van der Waals surface area contributed by atoms with Gasteiger partial charge in [-0.3, -0.25) is 4.79 Å². The predicted octanol–water partition coefficient (Wildman–Crippen LogP) is 1.44. The molecular formula is C9H7ClO2. The predicted molar refractivity (Wildman–Crippen MR) is 45.5 cm³/mol. The maximum absolute atomic E-state index is 11.2. The van der Waals surface area contributed by atoms with Crippen LogP contribution in [0.25, 0.3) is 0 Å². The summed E-state index contributed by atoms with van der Waals surface area (Å²) in [4.78, 5) is 11.2. The summed E-state index contributed by atoms with van der Waals surface area (Å²) in [5, 5.41) is 9.82. The lowest BCUT2D eigenvalue weighted by Gasteiger charge is -1.95. The average molecular weight is 183 g/mol. The van der Waals surface area contributed by atoms with Gasteiger partial charge in [0, 0.05) is 17.0 Å². The van der Waals surface area contributed by atoms with Crippen molar-refractivity contribution in [3.05, 3.63) is 34.3 Å². The Kier molecular flexibility index (Phi) is 1.67. The number of ketones is 1. The van der Waals surface area contributed by atoms with Crippen molar-refractivity contribution >= 4 is 17.4 Å². The van der Waals surface area contributed by atoms with Crippen molar-refractivity contribution in [1.82, 2.24) is 0 Å². The van der Waals surface area contributed by atoms with E-state index in [1.807, 2.05) is 0 Å². The normalized spacial score (nSPS) is 21.2. The minimum atomic E-state index is -0.863. The molecule has 1 aliphatic rings. The second kappa shape index (κ2) is 2.57. The van der Waals surface area contributed by atoms with Gasteiger partial charge in [-0.2, -0.15) is 0 Å². The molecule has 0 saturated heterocycles. The summed E-state index contributed by atoms with van der Waals surface area (Å²) in [5.74, 6) is -0.193. The number of benzene rings is 1. The smallest absolute Gasteiger partial charge is 0.191 e. The van der Waals surface area contributed by atoms with Gasteiger partial charge in [0.1, 0.15) is 6.10 Å². The molecule has 0 fully saturated rings. The summed E-state index contributed by atoms with van der Waals surface area (Å²) in [6, 6.07) is 5.05. The van der Waals surface area contributed by atoms with Crippen molar-refractivity contribution in [1.29, 1.82) is 0 Å². The van der Waals surface area contributed by atoms with Crippen LogP contribution in [0.2, 0.25) is 5.02 Å². The van der Waals surface area contributed by atoms with Crippen LogP contribution in [0.5, 0.6) is 0 Å². The Labute approximate surface area is 74.8 Å². The van der Waals surface area contributed by atoms with Crippen molar-refractivity contribution in [2.45, 2.75) is 12.5 Å². The van der Waals surface area contributed by atoms with E-state index in [9.17, 15) is 9.90 Å². The highest BCUT2D eigenvalue weighted by molar-refractivity contribution is 6.30. The molecule has 3 heteroatoms. The zero-order valence-corrected chi connectivity index (χ0v) is 7.01. The van der Waals surface area contributed by atoms with Gasteiger partial charge in [-0.25, -0.2) is 0 Å². The van der Waals surface area contributed by atoms with Crippen molar-refractivity contribution < 1.29 is 9.90 Å². The molecule has 0 spiro atoms. The molecular weight excluding hydrogens is 176 g/mol. The first-order chi connectivity index (χ1) is 5.68. The molecule has 0 amide bonds. The van der Waals surface area contributed by atoms with E-state index >= 15 is 0 Å². The molecule has 1 aromatic carbocycles. The molecule has 0 aliphatic heterocycles. The van der Waals surface area contributed by atoms with Gasteiger partial charge in [-0.15, -0.1) is 0 Å². The number of carbonyl (C=O) groups excluding carboxylic acids is 1. The summed E-state index contributed by atoms with van der Waals surface area (Å²) >= 11 is 5.73. The summed E-state index contributed by atoms with van der Waals surface area (Å²) in [6.45, 7) is 0. The Morgan fingerprint density at radius 1 is 1.50 bits per heavy atom. The summed E-state index contributed by atoms with van der Waals surface area (Å²) in [5.41, 5.74) is 1.45. The molecule has 0 aromatic heterocycles. The monoisotopic (exact) mass is 182 g/mol. The summed E-state index contributed by atoms with van der Waals surface area (Å²) < 4.78 is 0. The fourth-order valence-electron chi connectivity index (χ4n) is 1.45. The summed E-state index contributed by atoms with van der Waals surface area (Å²) in [7, 11) is 0. The van der Waals surface area contributed by atoms with Crippen LogP contribution in [0.4, 0.5) is 0 Å². The molecule has 1 N–H and O–H groups in total. The molecule has 12 heavy (non-hydrogen) atoms. The van der Waals surface area contributed by atoms with Gasteiger partial charge >= 0.3 is 0 Å². The third-order valence-electron chi connectivity index (χ3n) is 2.05. The number of hydrogen-bond acceptors (Lipinski definition) is 2. The first-order valence-corrected chi connectivity index (χ1v) is 4.07. The minimum absolute atomic E-state index is 0.193. The van der Waals surface area contributed by atoms with Crippen LogP contribution in [0.3, 0.4) is 0 Å². The lowest BCUT2D eigenvalue weighted by atomic mass is 10.1. The Bertz CT molecular complexity index is 346. The third kappa shape index (κ3) is 1.04. The van der Waals surface area contributed by atoms with Gasteiger partial charge in [0.25, 0.3) is 0 Å². The standard InChI is InChI=1S/C9H7ClO2/c10-6-1-2-7-5(3-6)4-8(11)9(7)12/h1-3,8,11H,4H2. The Hall–Kier alpha value is -0.860. The Morgan fingerprint density at radius 3 is 3.00 bits per heavy atom. The highest BCUT2D eigenvalue weighted by atomic mass is 35.5. The molecule has 0 bridgehead atoms.